The van der Waals surface area contributed by atoms with Gasteiger partial charge in [-0.2, -0.15) is 0 Å². The molecule has 1 nitrogen and oxygen atoms in total. The summed E-state index contributed by atoms with van der Waals surface area (Å²) in [5.41, 5.74) is 8.53. The molecule has 1 radical (unpaired) electrons. The second-order valence-corrected chi connectivity index (χ2v) is 3.63. The highest BCUT2D eigenvalue weighted by Gasteiger charge is 2.05. The first-order chi connectivity index (χ1) is 7.36. The van der Waals surface area contributed by atoms with Gasteiger partial charge in [-0.25, -0.2) is 0 Å². The zero-order valence-electron chi connectivity index (χ0n) is 8.56. The molecular weight excluding hydrogens is 182 g/mol. The molecule has 2 aromatic carbocycles. The number of hydrogen-bond donors (Lipinski definition) is 1. The molecule has 2 aromatic rings. The molecule has 0 unspecified atom stereocenters. The van der Waals surface area contributed by atoms with Gasteiger partial charge in [0.15, 0.2) is 0 Å². The summed E-state index contributed by atoms with van der Waals surface area (Å²) in [6, 6.07) is 21.3. The van der Waals surface area contributed by atoms with Crippen molar-refractivity contribution in [3.05, 3.63) is 71.8 Å². The van der Waals surface area contributed by atoms with Gasteiger partial charge in [0, 0.05) is 6.04 Å². The average molecular weight is 196 g/mol. The fourth-order valence-corrected chi connectivity index (χ4v) is 1.63. The minimum atomic E-state index is 0.0713. The fraction of sp³-hybridized carbons (Fsp3) is 0.143. The molecule has 2 N–H and O–H groups in total. The van der Waals surface area contributed by atoms with Crippen molar-refractivity contribution in [1.29, 1.82) is 0 Å². The maximum Gasteiger partial charge on any atom is 0.0335 e. The van der Waals surface area contributed by atoms with Gasteiger partial charge in [0.05, 0.1) is 0 Å². The Morgan fingerprint density at radius 2 is 1.87 bits per heavy atom. The number of benzene rings is 2. The first-order valence-electron chi connectivity index (χ1n) is 5.12. The SMILES string of the molecule is N[C@@H](Cc1c[c]ccc1)c1ccccc1. The molecule has 0 aromatic heterocycles. The molecule has 1 heteroatoms. The van der Waals surface area contributed by atoms with E-state index in [4.69, 9.17) is 5.73 Å². The molecule has 0 saturated carbocycles. The molecule has 0 bridgehead atoms. The molecule has 1 atom stereocenters. The molecule has 0 aliphatic carbocycles. The lowest BCUT2D eigenvalue weighted by Gasteiger charge is -2.11. The van der Waals surface area contributed by atoms with Gasteiger partial charge in [-0.05, 0) is 23.6 Å². The largest absolute Gasteiger partial charge is 0.324 e. The van der Waals surface area contributed by atoms with E-state index in [0.717, 1.165) is 6.42 Å². The smallest absolute Gasteiger partial charge is 0.0335 e. The van der Waals surface area contributed by atoms with Gasteiger partial charge in [0.25, 0.3) is 0 Å². The first kappa shape index (κ1) is 9.94. The van der Waals surface area contributed by atoms with Crippen LogP contribution in [0.5, 0.6) is 0 Å². The topological polar surface area (TPSA) is 26.0 Å². The molecule has 0 aliphatic rings. The van der Waals surface area contributed by atoms with Crippen molar-refractivity contribution in [2.24, 2.45) is 5.73 Å². The second-order valence-electron chi connectivity index (χ2n) is 3.63. The van der Waals surface area contributed by atoms with Gasteiger partial charge in [0.1, 0.15) is 0 Å². The summed E-state index contributed by atoms with van der Waals surface area (Å²) in [7, 11) is 0. The van der Waals surface area contributed by atoms with Crippen LogP contribution in [0, 0.1) is 6.07 Å². The van der Waals surface area contributed by atoms with E-state index < -0.39 is 0 Å². The zero-order chi connectivity index (χ0) is 10.5. The van der Waals surface area contributed by atoms with E-state index in [0.29, 0.717) is 0 Å². The Kier molecular flexibility index (Phi) is 3.15. The molecule has 15 heavy (non-hydrogen) atoms. The highest BCUT2D eigenvalue weighted by atomic mass is 14.6. The van der Waals surface area contributed by atoms with Crippen LogP contribution in [0.2, 0.25) is 0 Å². The molecule has 0 aliphatic heterocycles. The van der Waals surface area contributed by atoms with E-state index in [2.05, 4.69) is 24.3 Å². The Balaban J connectivity index is 2.08. The molecular formula is C14H14N. The minimum absolute atomic E-state index is 0.0713. The Morgan fingerprint density at radius 3 is 2.53 bits per heavy atom. The van der Waals surface area contributed by atoms with Crippen molar-refractivity contribution in [3.8, 4) is 0 Å². The highest BCUT2D eigenvalue weighted by Crippen LogP contribution is 2.14. The predicted octanol–water partition coefficient (Wildman–Crippen LogP) is 2.73. The normalized spacial score (nSPS) is 12.3. The van der Waals surface area contributed by atoms with Crippen LogP contribution in [0.25, 0.3) is 0 Å². The average Bonchev–Trinajstić information content (AvgIpc) is 2.31. The molecule has 75 valence electrons. The van der Waals surface area contributed by atoms with Crippen molar-refractivity contribution < 1.29 is 0 Å². The van der Waals surface area contributed by atoms with Crippen molar-refractivity contribution in [2.75, 3.05) is 0 Å². The third kappa shape index (κ3) is 2.67. The lowest BCUT2D eigenvalue weighted by molar-refractivity contribution is 0.722. The molecule has 0 spiro atoms. The highest BCUT2D eigenvalue weighted by molar-refractivity contribution is 5.22. The molecule has 0 heterocycles. The Morgan fingerprint density at radius 1 is 1.07 bits per heavy atom. The molecule has 0 amide bonds. The third-order valence-corrected chi connectivity index (χ3v) is 2.45. The molecule has 0 fully saturated rings. The third-order valence-electron chi connectivity index (χ3n) is 2.45. The minimum Gasteiger partial charge on any atom is -0.324 e. The number of nitrogens with two attached hydrogens (primary N) is 1. The predicted molar refractivity (Wildman–Crippen MR) is 62.4 cm³/mol. The van der Waals surface area contributed by atoms with Gasteiger partial charge in [0.2, 0.25) is 0 Å². The lowest BCUT2D eigenvalue weighted by atomic mass is 10.00. The zero-order valence-corrected chi connectivity index (χ0v) is 8.56. The van der Waals surface area contributed by atoms with Crippen LogP contribution in [0.4, 0.5) is 0 Å². The summed E-state index contributed by atoms with van der Waals surface area (Å²) in [6.45, 7) is 0. The van der Waals surface area contributed by atoms with E-state index >= 15 is 0 Å². The van der Waals surface area contributed by atoms with Crippen LogP contribution in [0.3, 0.4) is 0 Å². The summed E-state index contributed by atoms with van der Waals surface area (Å²) in [5.74, 6) is 0. The van der Waals surface area contributed by atoms with Crippen LogP contribution in [0.15, 0.2) is 54.6 Å². The maximum absolute atomic E-state index is 6.11. The van der Waals surface area contributed by atoms with Gasteiger partial charge in [-0.3, -0.25) is 0 Å². The fourth-order valence-electron chi connectivity index (χ4n) is 1.63. The summed E-state index contributed by atoms with van der Waals surface area (Å²) >= 11 is 0. The number of hydrogen-bond acceptors (Lipinski definition) is 1. The van der Waals surface area contributed by atoms with Crippen molar-refractivity contribution in [1.82, 2.24) is 0 Å². The first-order valence-corrected chi connectivity index (χ1v) is 5.12. The van der Waals surface area contributed by atoms with Crippen molar-refractivity contribution in [2.45, 2.75) is 12.5 Å². The van der Waals surface area contributed by atoms with Gasteiger partial charge >= 0.3 is 0 Å². The van der Waals surface area contributed by atoms with E-state index in [1.807, 2.05) is 36.4 Å². The monoisotopic (exact) mass is 196 g/mol. The van der Waals surface area contributed by atoms with Crippen molar-refractivity contribution in [3.63, 3.8) is 0 Å². The van der Waals surface area contributed by atoms with Crippen LogP contribution in [-0.2, 0) is 6.42 Å². The van der Waals surface area contributed by atoms with Gasteiger partial charge < -0.3 is 5.73 Å². The Labute approximate surface area is 90.6 Å². The molecule has 0 saturated heterocycles. The number of rotatable bonds is 3. The van der Waals surface area contributed by atoms with Crippen LogP contribution >= 0.6 is 0 Å². The summed E-state index contributed by atoms with van der Waals surface area (Å²) in [6.07, 6.45) is 0.862. The van der Waals surface area contributed by atoms with Crippen molar-refractivity contribution >= 4 is 0 Å². The van der Waals surface area contributed by atoms with Crippen LogP contribution in [0.1, 0.15) is 17.2 Å². The Bertz CT molecular complexity index is 394. The summed E-state index contributed by atoms with van der Waals surface area (Å²) in [4.78, 5) is 0. The van der Waals surface area contributed by atoms with Gasteiger partial charge in [-0.1, -0.05) is 54.6 Å². The quantitative estimate of drug-likeness (QED) is 0.802. The Hall–Kier alpha value is -1.60. The van der Waals surface area contributed by atoms with Crippen LogP contribution < -0.4 is 5.73 Å². The summed E-state index contributed by atoms with van der Waals surface area (Å²) in [5, 5.41) is 0. The maximum atomic E-state index is 6.11. The standard InChI is InChI=1S/C14H14N/c15-14(13-9-5-2-6-10-13)11-12-7-3-1-4-8-12/h1-3,5-10,14H,11,15H2/t14-/m0/s1. The second kappa shape index (κ2) is 4.76. The molecule has 2 rings (SSSR count). The van der Waals surface area contributed by atoms with E-state index in [1.54, 1.807) is 0 Å². The van der Waals surface area contributed by atoms with E-state index in [9.17, 15) is 0 Å². The van der Waals surface area contributed by atoms with E-state index in [-0.39, 0.29) is 6.04 Å². The van der Waals surface area contributed by atoms with E-state index in [1.165, 1.54) is 11.1 Å². The lowest BCUT2D eigenvalue weighted by Crippen LogP contribution is -2.12. The van der Waals surface area contributed by atoms with Gasteiger partial charge in [-0.15, -0.1) is 0 Å². The van der Waals surface area contributed by atoms with Crippen LogP contribution in [-0.4, -0.2) is 0 Å². The summed E-state index contributed by atoms with van der Waals surface area (Å²) < 4.78 is 0.